The predicted octanol–water partition coefficient (Wildman–Crippen LogP) is 12.2. The molecule has 0 amide bonds. The molecule has 7 nitrogen and oxygen atoms in total. The maximum Gasteiger partial charge on any atom is 0.188 e. The Morgan fingerprint density at radius 1 is 0.397 bits per heavy atom. The second-order valence-corrected chi connectivity index (χ2v) is 24.9. The van der Waals surface area contributed by atoms with Gasteiger partial charge in [0.05, 0.1) is 28.4 Å². The van der Waals surface area contributed by atoms with Crippen molar-refractivity contribution in [1.29, 1.82) is 0 Å². The fraction of sp³-hybridized carbons (Fsp3) is 0.379. The molecule has 68 heavy (non-hydrogen) atoms. The molecule has 6 aromatic rings. The first kappa shape index (κ1) is 55.8. The lowest BCUT2D eigenvalue weighted by Crippen LogP contribution is -2.29. The van der Waals surface area contributed by atoms with E-state index in [1.807, 2.05) is 60.7 Å². The van der Waals surface area contributed by atoms with Gasteiger partial charge in [0.25, 0.3) is 0 Å². The third-order valence-corrected chi connectivity index (χ3v) is 16.7. The van der Waals surface area contributed by atoms with Crippen molar-refractivity contribution >= 4 is 60.1 Å². The van der Waals surface area contributed by atoms with Crippen molar-refractivity contribution in [3.8, 4) is 34.5 Å². The normalized spacial score (nSPS) is 11.9. The molecule has 0 saturated carbocycles. The van der Waals surface area contributed by atoms with Gasteiger partial charge in [-0.15, -0.1) is 12.4 Å². The standard InChI is InChI=1S/C30H39O4P.C28H35O3P.ClH/c1-29(2,3)21-18-22(30(4,5)6)28(34-20-31-7)27(19-21)35(25-16-12-10-14-23(25)32-8)26-17-13-11-15-24(26)33-9;1-27(2,3)19-17-20(28(4,5)6)26(29)25(18-19)32(23-15-11-9-13-21(23)30-7)24-16-12-10-14-22(24)31-8;/h10-19H,20H2,1-9H3;9-18,29H,1-8H3;1H. The molecule has 0 unspecified atom stereocenters. The third kappa shape index (κ3) is 12.9. The molecule has 0 fully saturated rings. The van der Waals surface area contributed by atoms with Gasteiger partial charge < -0.3 is 33.5 Å². The average molecular weight is 982 g/mol. The van der Waals surface area contributed by atoms with E-state index in [2.05, 4.69) is 144 Å². The molecule has 0 spiro atoms. The van der Waals surface area contributed by atoms with Gasteiger partial charge in [-0.1, -0.05) is 168 Å². The molecule has 0 saturated heterocycles. The van der Waals surface area contributed by atoms with Crippen LogP contribution in [-0.4, -0.2) is 47.4 Å². The van der Waals surface area contributed by atoms with Crippen LogP contribution in [0.3, 0.4) is 0 Å². The van der Waals surface area contributed by atoms with E-state index in [-0.39, 0.29) is 40.9 Å². The third-order valence-electron chi connectivity index (χ3n) is 11.6. The van der Waals surface area contributed by atoms with Gasteiger partial charge in [-0.05, 0) is 85.0 Å². The van der Waals surface area contributed by atoms with Crippen LogP contribution in [0.1, 0.15) is 105 Å². The summed E-state index contributed by atoms with van der Waals surface area (Å²) in [5, 5.41) is 18.1. The van der Waals surface area contributed by atoms with Gasteiger partial charge in [0, 0.05) is 50.1 Å². The fourth-order valence-electron chi connectivity index (χ4n) is 7.87. The summed E-state index contributed by atoms with van der Waals surface area (Å²) in [6.45, 7) is 26.7. The highest BCUT2D eigenvalue weighted by Crippen LogP contribution is 2.48. The van der Waals surface area contributed by atoms with Crippen LogP contribution in [0.5, 0.6) is 34.5 Å². The number of benzene rings is 6. The Morgan fingerprint density at radius 2 is 0.706 bits per heavy atom. The maximum atomic E-state index is 11.7. The van der Waals surface area contributed by atoms with Crippen molar-refractivity contribution in [2.75, 3.05) is 42.3 Å². The molecule has 0 aliphatic heterocycles. The zero-order valence-electron chi connectivity index (χ0n) is 43.5. The van der Waals surface area contributed by atoms with Gasteiger partial charge >= 0.3 is 0 Å². The van der Waals surface area contributed by atoms with E-state index < -0.39 is 15.8 Å². The van der Waals surface area contributed by atoms with Crippen molar-refractivity contribution in [3.05, 3.63) is 144 Å². The van der Waals surface area contributed by atoms with E-state index >= 15 is 0 Å². The summed E-state index contributed by atoms with van der Waals surface area (Å²) in [5.41, 5.74) is 4.13. The molecule has 6 rings (SSSR count). The second kappa shape index (κ2) is 23.2. The molecule has 0 bridgehead atoms. The topological polar surface area (TPSA) is 75.6 Å². The first-order valence-electron chi connectivity index (χ1n) is 22.8. The Kier molecular flexibility index (Phi) is 19.1. The quantitative estimate of drug-likeness (QED) is 0.0913. The van der Waals surface area contributed by atoms with Gasteiger partial charge in [-0.2, -0.15) is 0 Å². The molecule has 0 atom stereocenters. The summed E-state index contributed by atoms with van der Waals surface area (Å²) in [6, 6.07) is 41.6. The molecule has 366 valence electrons. The van der Waals surface area contributed by atoms with E-state index in [9.17, 15) is 5.11 Å². The van der Waals surface area contributed by atoms with Crippen LogP contribution in [0, 0.1) is 0 Å². The summed E-state index contributed by atoms with van der Waals surface area (Å²) < 4.78 is 35.1. The van der Waals surface area contributed by atoms with Crippen molar-refractivity contribution in [3.63, 3.8) is 0 Å². The summed E-state index contributed by atoms with van der Waals surface area (Å²) in [5.74, 6) is 4.54. The largest absolute Gasteiger partial charge is 0.507 e. The zero-order valence-corrected chi connectivity index (χ0v) is 46.1. The van der Waals surface area contributed by atoms with E-state index in [4.69, 9.17) is 28.4 Å². The molecule has 10 heteroatoms. The molecule has 6 aromatic carbocycles. The van der Waals surface area contributed by atoms with Gasteiger partial charge in [0.2, 0.25) is 0 Å². The number of halogens is 1. The molecular weight excluding hydrogens is 906 g/mol. The van der Waals surface area contributed by atoms with Crippen LogP contribution in [0.15, 0.2) is 121 Å². The highest BCUT2D eigenvalue weighted by Gasteiger charge is 2.34. The van der Waals surface area contributed by atoms with Crippen LogP contribution >= 0.6 is 28.3 Å². The fourth-order valence-corrected chi connectivity index (χ4v) is 13.2. The average Bonchev–Trinajstić information content (AvgIpc) is 3.28. The molecule has 0 heterocycles. The smallest absolute Gasteiger partial charge is 0.188 e. The number of rotatable bonds is 13. The SMILES string of the molecule is COCOc1c(P(c2ccccc2OC)c2ccccc2OC)cc(C(C)(C)C)cc1C(C)(C)C.COc1ccccc1P(c1ccccc1OC)c1cc(C(C)(C)C)cc(C(C)(C)C)c1O.Cl. The zero-order chi connectivity index (χ0) is 49.5. The van der Waals surface area contributed by atoms with Crippen LogP contribution in [0.25, 0.3) is 0 Å². The number of methoxy groups -OCH3 is 5. The predicted molar refractivity (Wildman–Crippen MR) is 293 cm³/mol. The second-order valence-electron chi connectivity index (χ2n) is 20.7. The number of hydrogen-bond acceptors (Lipinski definition) is 7. The van der Waals surface area contributed by atoms with Crippen LogP contribution in [0.2, 0.25) is 0 Å². The number of hydrogen-bond donors (Lipinski definition) is 1. The van der Waals surface area contributed by atoms with Gasteiger partial charge in [-0.3, -0.25) is 0 Å². The van der Waals surface area contributed by atoms with E-state index in [0.717, 1.165) is 71.7 Å². The summed E-state index contributed by atoms with van der Waals surface area (Å²) in [6.07, 6.45) is 0. The summed E-state index contributed by atoms with van der Waals surface area (Å²) in [4.78, 5) is 0. The Morgan fingerprint density at radius 3 is 1.01 bits per heavy atom. The lowest BCUT2D eigenvalue weighted by Gasteiger charge is -2.32. The van der Waals surface area contributed by atoms with Crippen LogP contribution in [0.4, 0.5) is 0 Å². The van der Waals surface area contributed by atoms with Gasteiger partial charge in [0.15, 0.2) is 6.79 Å². The van der Waals surface area contributed by atoms with E-state index in [1.165, 1.54) is 11.1 Å². The minimum Gasteiger partial charge on any atom is -0.507 e. The number of aromatic hydroxyl groups is 1. The van der Waals surface area contributed by atoms with E-state index in [0.29, 0.717) is 5.75 Å². The van der Waals surface area contributed by atoms with Crippen molar-refractivity contribution in [2.45, 2.75) is 105 Å². The lowest BCUT2D eigenvalue weighted by molar-refractivity contribution is 0.0506. The highest BCUT2D eigenvalue weighted by atomic mass is 35.5. The first-order chi connectivity index (χ1) is 31.5. The van der Waals surface area contributed by atoms with Gasteiger partial charge in [-0.25, -0.2) is 0 Å². The molecular formula is C58H75ClO7P2. The maximum absolute atomic E-state index is 11.7. The Balaban J connectivity index is 0.000000293. The molecule has 0 aromatic heterocycles. The molecule has 0 aliphatic rings. The van der Waals surface area contributed by atoms with E-state index in [1.54, 1.807) is 35.5 Å². The first-order valence-corrected chi connectivity index (χ1v) is 25.5. The molecule has 1 N–H and O–H groups in total. The number of phenolic OH excluding ortho intramolecular Hbond substituents is 1. The Labute approximate surface area is 416 Å². The van der Waals surface area contributed by atoms with Crippen LogP contribution in [-0.2, 0) is 26.4 Å². The molecule has 0 aliphatic carbocycles. The Bertz CT molecular complexity index is 2500. The summed E-state index contributed by atoms with van der Waals surface area (Å²) >= 11 is 0. The molecule has 0 radical (unpaired) electrons. The van der Waals surface area contributed by atoms with Crippen molar-refractivity contribution < 1.29 is 33.5 Å². The Hall–Kier alpha value is -4.77. The van der Waals surface area contributed by atoms with Crippen LogP contribution < -0.4 is 55.5 Å². The number of phenols is 1. The number of ether oxygens (including phenoxy) is 6. The highest BCUT2D eigenvalue weighted by molar-refractivity contribution is 7.80. The van der Waals surface area contributed by atoms with Crippen molar-refractivity contribution in [2.24, 2.45) is 0 Å². The lowest BCUT2D eigenvalue weighted by atomic mass is 9.80. The van der Waals surface area contributed by atoms with Gasteiger partial charge in [0.1, 0.15) is 34.5 Å². The number of para-hydroxylation sites is 4. The minimum absolute atomic E-state index is 0. The summed E-state index contributed by atoms with van der Waals surface area (Å²) in [7, 11) is 6.26. The van der Waals surface area contributed by atoms with Crippen molar-refractivity contribution in [1.82, 2.24) is 0 Å². The monoisotopic (exact) mass is 980 g/mol. The minimum atomic E-state index is -1.15.